The van der Waals surface area contributed by atoms with Gasteiger partial charge in [-0.05, 0) is 29.8 Å². The fraction of sp³-hybridized carbons (Fsp3) is 0.0233. The lowest BCUT2D eigenvalue weighted by Crippen LogP contribution is -2.31. The quantitative estimate of drug-likeness (QED) is 0.195. The Morgan fingerprint density at radius 1 is 0.449 bits per heavy atom. The van der Waals surface area contributed by atoms with Gasteiger partial charge in [0.05, 0.1) is 11.7 Å². The lowest BCUT2D eigenvalue weighted by Gasteiger charge is -2.24. The average Bonchev–Trinajstić information content (AvgIpc) is 3.57. The molecule has 0 fully saturated rings. The third-order valence-electron chi connectivity index (χ3n) is 8.78. The fourth-order valence-electron chi connectivity index (χ4n) is 6.31. The zero-order valence-electron chi connectivity index (χ0n) is 26.4. The smallest absolute Gasteiger partial charge is 0.164 e. The molecular weight excluding hydrogens is 619 g/mol. The number of aromatic nitrogens is 3. The summed E-state index contributed by atoms with van der Waals surface area (Å²) >= 11 is 1.82. The molecule has 49 heavy (non-hydrogen) atoms. The summed E-state index contributed by atoms with van der Waals surface area (Å²) in [4.78, 5) is 20.0. The van der Waals surface area contributed by atoms with Gasteiger partial charge < -0.3 is 5.32 Å². The number of hydrogen-bond donors (Lipinski definition) is 1. The molecule has 5 nitrogen and oxygen atoms in total. The molecule has 232 valence electrons. The van der Waals surface area contributed by atoms with Crippen molar-refractivity contribution in [2.45, 2.75) is 6.04 Å². The van der Waals surface area contributed by atoms with Gasteiger partial charge in [0.1, 0.15) is 5.84 Å². The number of nitrogens with one attached hydrogen (secondary N) is 1. The van der Waals surface area contributed by atoms with Gasteiger partial charge in [0.25, 0.3) is 0 Å². The van der Waals surface area contributed by atoms with Crippen molar-refractivity contribution in [2.75, 3.05) is 0 Å². The number of fused-ring (bicyclic) bond motifs is 3. The Labute approximate surface area is 288 Å². The highest BCUT2D eigenvalue weighted by Crippen LogP contribution is 2.37. The summed E-state index contributed by atoms with van der Waals surface area (Å²) in [6, 6.07) is 54.2. The van der Waals surface area contributed by atoms with Gasteiger partial charge in [-0.25, -0.2) is 19.9 Å². The van der Waals surface area contributed by atoms with E-state index in [-0.39, 0.29) is 6.04 Å². The molecule has 0 saturated heterocycles. The van der Waals surface area contributed by atoms with E-state index in [4.69, 9.17) is 19.9 Å². The second kappa shape index (κ2) is 12.4. The minimum Gasteiger partial charge on any atom is -0.359 e. The molecule has 9 rings (SSSR count). The Hall–Kier alpha value is -6.24. The summed E-state index contributed by atoms with van der Waals surface area (Å²) in [6.45, 7) is 0. The highest BCUT2D eigenvalue weighted by Gasteiger charge is 2.21. The van der Waals surface area contributed by atoms with E-state index < -0.39 is 0 Å². The van der Waals surface area contributed by atoms with Crippen LogP contribution in [0.15, 0.2) is 169 Å². The first-order valence-corrected chi connectivity index (χ1v) is 17.1. The van der Waals surface area contributed by atoms with Crippen LogP contribution in [0.25, 0.3) is 60.0 Å². The molecular formula is C43H29N5S. The molecule has 1 aliphatic rings. The Balaban J connectivity index is 1.15. The number of benzene rings is 6. The Kier molecular flexibility index (Phi) is 7.33. The molecule has 8 aromatic rings. The summed E-state index contributed by atoms with van der Waals surface area (Å²) in [5.74, 6) is 2.67. The van der Waals surface area contributed by atoms with Crippen LogP contribution >= 0.6 is 11.3 Å². The van der Waals surface area contributed by atoms with Crippen molar-refractivity contribution >= 4 is 43.0 Å². The molecule has 6 heteroatoms. The van der Waals surface area contributed by atoms with E-state index in [0.717, 1.165) is 39.3 Å². The van der Waals surface area contributed by atoms with Crippen molar-refractivity contribution in [1.29, 1.82) is 0 Å². The molecule has 0 saturated carbocycles. The van der Waals surface area contributed by atoms with E-state index in [9.17, 15) is 0 Å². The third kappa shape index (κ3) is 5.69. The summed E-state index contributed by atoms with van der Waals surface area (Å²) in [5, 5.41) is 6.29. The van der Waals surface area contributed by atoms with Crippen molar-refractivity contribution in [3.63, 3.8) is 0 Å². The zero-order valence-corrected chi connectivity index (χ0v) is 27.2. The third-order valence-corrected chi connectivity index (χ3v) is 9.91. The monoisotopic (exact) mass is 647 g/mol. The van der Waals surface area contributed by atoms with Crippen LogP contribution in [-0.4, -0.2) is 20.8 Å². The molecule has 0 spiro atoms. The van der Waals surface area contributed by atoms with Gasteiger partial charge in [-0.15, -0.1) is 11.3 Å². The van der Waals surface area contributed by atoms with Crippen LogP contribution < -0.4 is 5.32 Å². The van der Waals surface area contributed by atoms with Gasteiger partial charge in [-0.1, -0.05) is 140 Å². The molecule has 0 amide bonds. The van der Waals surface area contributed by atoms with Crippen LogP contribution in [0.3, 0.4) is 0 Å². The second-order valence-corrected chi connectivity index (χ2v) is 13.1. The number of aliphatic imine (C=N–C) groups is 1. The fourth-order valence-corrected chi connectivity index (χ4v) is 7.46. The molecule has 0 radical (unpaired) electrons. The first kappa shape index (κ1) is 28.9. The largest absolute Gasteiger partial charge is 0.359 e. The lowest BCUT2D eigenvalue weighted by molar-refractivity contribution is 0.781. The van der Waals surface area contributed by atoms with E-state index in [1.165, 1.54) is 25.7 Å². The molecule has 0 bridgehead atoms. The maximum Gasteiger partial charge on any atom is 0.164 e. The minimum absolute atomic E-state index is 0.0583. The summed E-state index contributed by atoms with van der Waals surface area (Å²) < 4.78 is 2.55. The van der Waals surface area contributed by atoms with E-state index in [1.54, 1.807) is 0 Å². The van der Waals surface area contributed by atoms with Gasteiger partial charge in [0, 0.05) is 48.0 Å². The Morgan fingerprint density at radius 3 is 1.73 bits per heavy atom. The molecule has 1 aliphatic heterocycles. The summed E-state index contributed by atoms with van der Waals surface area (Å²) in [6.07, 6.45) is 2.22. The maximum atomic E-state index is 5.24. The SMILES string of the molecule is C1=C(c2ccc3c(c2)sc2ccccc23)N=C(c2cccc(-c3nc(-c4ccccc4)nc(-c4ccccc4)n3)c2)NC1c1ccccc1. The number of hydrogen-bond acceptors (Lipinski definition) is 6. The zero-order chi connectivity index (χ0) is 32.6. The van der Waals surface area contributed by atoms with Crippen molar-refractivity contribution < 1.29 is 0 Å². The van der Waals surface area contributed by atoms with Gasteiger partial charge in [-0.2, -0.15) is 0 Å². The van der Waals surface area contributed by atoms with Gasteiger partial charge in [0.2, 0.25) is 0 Å². The highest BCUT2D eigenvalue weighted by atomic mass is 32.1. The van der Waals surface area contributed by atoms with Crippen molar-refractivity contribution in [2.24, 2.45) is 4.99 Å². The van der Waals surface area contributed by atoms with E-state index in [1.807, 2.05) is 90.2 Å². The van der Waals surface area contributed by atoms with Gasteiger partial charge in [0.15, 0.2) is 17.5 Å². The normalized spacial score (nSPS) is 14.3. The Morgan fingerprint density at radius 2 is 1.02 bits per heavy atom. The van der Waals surface area contributed by atoms with Crippen molar-refractivity contribution in [1.82, 2.24) is 20.3 Å². The number of thiophene rings is 1. The topological polar surface area (TPSA) is 63.1 Å². The molecule has 3 heterocycles. The van der Waals surface area contributed by atoms with Crippen LogP contribution in [-0.2, 0) is 0 Å². The van der Waals surface area contributed by atoms with Crippen LogP contribution in [0, 0.1) is 0 Å². The highest BCUT2D eigenvalue weighted by molar-refractivity contribution is 7.25. The predicted molar refractivity (Wildman–Crippen MR) is 202 cm³/mol. The lowest BCUT2D eigenvalue weighted by atomic mass is 9.99. The van der Waals surface area contributed by atoms with Crippen LogP contribution in [0.4, 0.5) is 0 Å². The predicted octanol–water partition coefficient (Wildman–Crippen LogP) is 10.4. The first-order chi connectivity index (χ1) is 24.2. The van der Waals surface area contributed by atoms with E-state index >= 15 is 0 Å². The summed E-state index contributed by atoms with van der Waals surface area (Å²) in [7, 11) is 0. The second-order valence-electron chi connectivity index (χ2n) is 12.0. The summed E-state index contributed by atoms with van der Waals surface area (Å²) in [5.41, 5.74) is 6.91. The van der Waals surface area contributed by atoms with Crippen molar-refractivity contribution in [3.8, 4) is 34.2 Å². The molecule has 0 aliphatic carbocycles. The molecule has 1 atom stereocenters. The van der Waals surface area contributed by atoms with Gasteiger partial charge in [-0.3, -0.25) is 0 Å². The van der Waals surface area contributed by atoms with Gasteiger partial charge >= 0.3 is 0 Å². The molecule has 1 unspecified atom stereocenters. The number of amidine groups is 1. The first-order valence-electron chi connectivity index (χ1n) is 16.3. The van der Waals surface area contributed by atoms with E-state index in [0.29, 0.717) is 17.5 Å². The van der Waals surface area contributed by atoms with Crippen molar-refractivity contribution in [3.05, 3.63) is 180 Å². The standard InChI is InChI=1S/C43H29N5S/c1-4-13-28(14-5-1)36-27-37(31-23-24-35-34-21-10-11-22-38(34)49-39(35)26-31)45-42(44-36)32-19-12-20-33(25-32)43-47-40(29-15-6-2-7-16-29)46-41(48-43)30-17-8-3-9-18-30/h1-27,36H,(H,44,45). The average molecular weight is 648 g/mol. The molecule has 2 aromatic heterocycles. The van der Waals surface area contributed by atoms with Crippen LogP contribution in [0.5, 0.6) is 0 Å². The minimum atomic E-state index is -0.0583. The maximum absolute atomic E-state index is 5.24. The number of nitrogens with zero attached hydrogens (tertiary/aromatic N) is 4. The van der Waals surface area contributed by atoms with Crippen LogP contribution in [0.2, 0.25) is 0 Å². The number of rotatable bonds is 6. The molecule has 6 aromatic carbocycles. The molecule has 1 N–H and O–H groups in total. The Bertz CT molecular complexity index is 2460. The van der Waals surface area contributed by atoms with Crippen LogP contribution in [0.1, 0.15) is 22.7 Å². The van der Waals surface area contributed by atoms with E-state index in [2.05, 4.69) is 90.3 Å².